The third kappa shape index (κ3) is 9.43. The van der Waals surface area contributed by atoms with Crippen LogP contribution in [0.3, 0.4) is 0 Å². The van der Waals surface area contributed by atoms with Gasteiger partial charge in [-0.2, -0.15) is 0 Å². The predicted octanol–water partition coefficient (Wildman–Crippen LogP) is 2.24. The molecule has 1 aliphatic carbocycles. The van der Waals surface area contributed by atoms with Crippen LogP contribution in [0.25, 0.3) is 11.1 Å². The first kappa shape index (κ1) is 36.1. The highest BCUT2D eigenvalue weighted by atomic mass is 16.5. The maximum absolute atomic E-state index is 12.7. The highest BCUT2D eigenvalue weighted by Gasteiger charge is 2.30. The van der Waals surface area contributed by atoms with E-state index in [9.17, 15) is 33.9 Å². The number of nitrogens with one attached hydrogen (secondary N) is 5. The van der Waals surface area contributed by atoms with E-state index < -0.39 is 65.9 Å². The first-order valence-corrected chi connectivity index (χ1v) is 16.0. The molecule has 0 fully saturated rings. The SMILES string of the molecule is C[C@H](NC(=O)OCC1c2ccccc2-c2ccccc21)C(=O)N[C@@H](C)C(=O)N[C@@H](C)C(=O)N[C@@H](C)C(=O)N[C@@H](Cc1ccccc1)C(=O)O. The van der Waals surface area contributed by atoms with E-state index >= 15 is 0 Å². The van der Waals surface area contributed by atoms with E-state index in [-0.39, 0.29) is 18.9 Å². The quantitative estimate of drug-likeness (QED) is 0.150. The Kier molecular flexibility index (Phi) is 12.1. The Balaban J connectivity index is 1.19. The van der Waals surface area contributed by atoms with E-state index in [2.05, 4.69) is 26.6 Å². The summed E-state index contributed by atoms with van der Waals surface area (Å²) in [5.41, 5.74) is 4.98. The third-order valence-corrected chi connectivity index (χ3v) is 8.22. The van der Waals surface area contributed by atoms with Crippen molar-refractivity contribution in [2.75, 3.05) is 6.61 Å². The minimum absolute atomic E-state index is 0.0540. The molecule has 6 N–H and O–H groups in total. The zero-order valence-electron chi connectivity index (χ0n) is 27.7. The van der Waals surface area contributed by atoms with Gasteiger partial charge in [0.05, 0.1) is 0 Å². The van der Waals surface area contributed by atoms with E-state index in [1.54, 1.807) is 30.3 Å². The molecular weight excluding hydrogens is 630 g/mol. The van der Waals surface area contributed by atoms with Gasteiger partial charge in [0, 0.05) is 12.3 Å². The van der Waals surface area contributed by atoms with Crippen molar-refractivity contribution in [2.45, 2.75) is 70.2 Å². The number of ether oxygens (including phenoxy) is 1. The highest BCUT2D eigenvalue weighted by Crippen LogP contribution is 2.44. The van der Waals surface area contributed by atoms with Gasteiger partial charge in [0.2, 0.25) is 23.6 Å². The van der Waals surface area contributed by atoms with E-state index in [4.69, 9.17) is 4.74 Å². The van der Waals surface area contributed by atoms with Crippen LogP contribution in [0.5, 0.6) is 0 Å². The topological polar surface area (TPSA) is 192 Å². The number of amides is 5. The highest BCUT2D eigenvalue weighted by molar-refractivity contribution is 5.95. The van der Waals surface area contributed by atoms with Crippen LogP contribution >= 0.6 is 0 Å². The monoisotopic (exact) mass is 671 g/mol. The van der Waals surface area contributed by atoms with E-state index in [0.717, 1.165) is 22.3 Å². The zero-order valence-corrected chi connectivity index (χ0v) is 27.7. The molecule has 0 radical (unpaired) electrons. The number of alkyl carbamates (subject to hydrolysis) is 1. The summed E-state index contributed by atoms with van der Waals surface area (Å²) < 4.78 is 5.49. The molecule has 0 heterocycles. The van der Waals surface area contributed by atoms with Crippen LogP contribution in [0.4, 0.5) is 4.79 Å². The standard InChI is InChI=1S/C36H41N5O8/c1-20(32(43)39-22(3)34(45)41-30(35(46)47)18-24-12-6-5-7-13-24)37-31(42)21(2)38-33(44)23(4)40-36(48)49-19-29-27-16-10-8-14-25(27)26-15-9-11-17-28(26)29/h5-17,20-23,29-30H,18-19H2,1-4H3,(H,37,42)(H,38,44)(H,39,43)(H,40,48)(H,41,45)(H,46,47)/t20-,21-,22-,23-,30-/m0/s1. The molecule has 0 unspecified atom stereocenters. The average molecular weight is 672 g/mol. The molecule has 49 heavy (non-hydrogen) atoms. The van der Waals surface area contributed by atoms with Gasteiger partial charge in [0.15, 0.2) is 0 Å². The Morgan fingerprint density at radius 2 is 1.00 bits per heavy atom. The number of carbonyl (C=O) groups is 6. The van der Waals surface area contributed by atoms with Gasteiger partial charge in [-0.1, -0.05) is 78.9 Å². The van der Waals surface area contributed by atoms with Crippen molar-refractivity contribution in [3.8, 4) is 11.1 Å². The molecule has 0 spiro atoms. The first-order chi connectivity index (χ1) is 23.3. The van der Waals surface area contributed by atoms with E-state index in [1.807, 2.05) is 48.5 Å². The van der Waals surface area contributed by atoms with Crippen LogP contribution in [0, 0.1) is 0 Å². The second-order valence-electron chi connectivity index (χ2n) is 12.0. The molecule has 3 aromatic carbocycles. The number of rotatable bonds is 14. The van der Waals surface area contributed by atoms with Crippen molar-refractivity contribution in [3.05, 3.63) is 95.6 Å². The molecule has 1 aliphatic rings. The van der Waals surface area contributed by atoms with E-state index in [1.165, 1.54) is 27.7 Å². The summed E-state index contributed by atoms with van der Waals surface area (Å²) in [5, 5.41) is 21.8. The summed E-state index contributed by atoms with van der Waals surface area (Å²) in [7, 11) is 0. The van der Waals surface area contributed by atoms with Crippen molar-refractivity contribution in [1.29, 1.82) is 0 Å². The molecule has 3 aromatic rings. The van der Waals surface area contributed by atoms with Crippen molar-refractivity contribution < 1.29 is 38.6 Å². The summed E-state index contributed by atoms with van der Waals surface area (Å²) in [6.45, 7) is 5.70. The molecule has 0 aliphatic heterocycles. The number of aliphatic carboxylic acids is 1. The van der Waals surface area contributed by atoms with Crippen LogP contribution < -0.4 is 26.6 Å². The fourth-order valence-electron chi connectivity index (χ4n) is 5.44. The molecule has 5 atom stereocenters. The molecule has 0 saturated carbocycles. The lowest BCUT2D eigenvalue weighted by atomic mass is 9.98. The molecule has 0 aromatic heterocycles. The van der Waals surface area contributed by atoms with Crippen LogP contribution in [0.15, 0.2) is 78.9 Å². The normalized spacial score (nSPS) is 14.8. The van der Waals surface area contributed by atoms with Crippen LogP contribution in [0.1, 0.15) is 50.3 Å². The molecule has 13 heteroatoms. The summed E-state index contributed by atoms with van der Waals surface area (Å²) >= 11 is 0. The number of carboxylic acids is 1. The molecule has 5 amide bonds. The van der Waals surface area contributed by atoms with Crippen LogP contribution in [0.2, 0.25) is 0 Å². The van der Waals surface area contributed by atoms with Crippen molar-refractivity contribution in [3.63, 3.8) is 0 Å². The summed E-state index contributed by atoms with van der Waals surface area (Å²) in [5.74, 6) is -4.13. The number of carboxylic acid groups (broad SMARTS) is 1. The zero-order chi connectivity index (χ0) is 35.7. The van der Waals surface area contributed by atoms with Gasteiger partial charge in [-0.15, -0.1) is 0 Å². The number of benzene rings is 3. The summed E-state index contributed by atoms with van der Waals surface area (Å²) in [6.07, 6.45) is -0.738. The minimum atomic E-state index is -1.23. The molecule has 0 saturated heterocycles. The number of hydrogen-bond acceptors (Lipinski definition) is 7. The van der Waals surface area contributed by atoms with Gasteiger partial charge < -0.3 is 36.4 Å². The Bertz CT molecular complexity index is 1650. The molecule has 0 bridgehead atoms. The average Bonchev–Trinajstić information content (AvgIpc) is 3.40. The van der Waals surface area contributed by atoms with Gasteiger partial charge in [-0.3, -0.25) is 19.2 Å². The Hall–Kier alpha value is -5.72. The molecule has 4 rings (SSSR count). The lowest BCUT2D eigenvalue weighted by molar-refractivity contribution is -0.142. The Labute approximate surface area is 284 Å². The maximum atomic E-state index is 12.7. The van der Waals surface area contributed by atoms with Gasteiger partial charge >= 0.3 is 12.1 Å². The predicted molar refractivity (Wildman–Crippen MR) is 180 cm³/mol. The lowest BCUT2D eigenvalue weighted by Gasteiger charge is -2.22. The van der Waals surface area contributed by atoms with Crippen molar-refractivity contribution >= 4 is 35.7 Å². The van der Waals surface area contributed by atoms with Crippen molar-refractivity contribution in [1.82, 2.24) is 26.6 Å². The van der Waals surface area contributed by atoms with Gasteiger partial charge in [0.25, 0.3) is 0 Å². The van der Waals surface area contributed by atoms with Gasteiger partial charge in [0.1, 0.15) is 36.8 Å². The molecular formula is C36H41N5O8. The number of carbonyl (C=O) groups excluding carboxylic acids is 5. The fraction of sp³-hybridized carbons (Fsp3) is 0.333. The van der Waals surface area contributed by atoms with Crippen LogP contribution in [-0.2, 0) is 35.1 Å². The smallest absolute Gasteiger partial charge is 0.407 e. The first-order valence-electron chi connectivity index (χ1n) is 16.0. The molecule has 13 nitrogen and oxygen atoms in total. The minimum Gasteiger partial charge on any atom is -0.480 e. The number of hydrogen-bond donors (Lipinski definition) is 6. The molecule has 258 valence electrons. The van der Waals surface area contributed by atoms with Gasteiger partial charge in [-0.05, 0) is 55.5 Å². The largest absolute Gasteiger partial charge is 0.480 e. The second kappa shape index (κ2) is 16.4. The lowest BCUT2D eigenvalue weighted by Crippen LogP contribution is -2.57. The Morgan fingerprint density at radius 3 is 1.47 bits per heavy atom. The second-order valence-corrected chi connectivity index (χ2v) is 12.0. The Morgan fingerprint density at radius 1 is 0.592 bits per heavy atom. The maximum Gasteiger partial charge on any atom is 0.407 e. The third-order valence-electron chi connectivity index (χ3n) is 8.22. The fourth-order valence-corrected chi connectivity index (χ4v) is 5.44. The van der Waals surface area contributed by atoms with Crippen molar-refractivity contribution in [2.24, 2.45) is 0 Å². The summed E-state index contributed by atoms with van der Waals surface area (Å²) in [6, 6.07) is 19.1. The number of fused-ring (bicyclic) bond motifs is 3. The van der Waals surface area contributed by atoms with Gasteiger partial charge in [-0.25, -0.2) is 9.59 Å². The summed E-state index contributed by atoms with van der Waals surface area (Å²) in [4.78, 5) is 75.1. The van der Waals surface area contributed by atoms with Crippen LogP contribution in [-0.4, -0.2) is 77.6 Å². The van der Waals surface area contributed by atoms with E-state index in [0.29, 0.717) is 5.56 Å².